The van der Waals surface area contributed by atoms with Crippen LogP contribution in [0, 0.1) is 13.8 Å². The van der Waals surface area contributed by atoms with Crippen molar-refractivity contribution in [3.8, 4) is 22.3 Å². The summed E-state index contributed by atoms with van der Waals surface area (Å²) in [4.78, 5) is 11.2. The maximum absolute atomic E-state index is 5.62. The van der Waals surface area contributed by atoms with Gasteiger partial charge in [-0.05, 0) is 36.1 Å². The van der Waals surface area contributed by atoms with E-state index in [9.17, 15) is 0 Å². The fourth-order valence-electron chi connectivity index (χ4n) is 3.02. The zero-order valence-electron chi connectivity index (χ0n) is 16.7. The van der Waals surface area contributed by atoms with Crippen molar-refractivity contribution in [1.29, 1.82) is 0 Å². The van der Waals surface area contributed by atoms with Gasteiger partial charge in [0, 0.05) is 33.7 Å². The molecule has 4 rings (SSSR count). The number of pyridine rings is 2. The topological polar surface area (TPSA) is 26.2 Å². The van der Waals surface area contributed by atoms with E-state index in [1.165, 1.54) is 22.3 Å². The van der Waals surface area contributed by atoms with Gasteiger partial charge in [0.05, 0.1) is 0 Å². The molecule has 0 aliphatic rings. The minimum Gasteiger partial charge on any atom is -0.223 e. The van der Waals surface area contributed by atoms with Crippen molar-refractivity contribution in [1.82, 2.24) is 0 Å². The standard InChI is InChI=1S/C25H24N2O2/c1-20-3-7-22(8-4-20)24-11-15-26(16-12-24)28-19-29-27-17-13-25(14-18-27)23-9-5-21(2)6-10-23/h3-18H,19H2,1-2H3/q+2. The number of hydrogen-bond donors (Lipinski definition) is 0. The highest BCUT2D eigenvalue weighted by Crippen LogP contribution is 2.18. The van der Waals surface area contributed by atoms with Gasteiger partial charge in [0.2, 0.25) is 24.8 Å². The van der Waals surface area contributed by atoms with E-state index < -0.39 is 0 Å². The zero-order valence-corrected chi connectivity index (χ0v) is 16.7. The summed E-state index contributed by atoms with van der Waals surface area (Å²) >= 11 is 0. The molecule has 2 heterocycles. The van der Waals surface area contributed by atoms with E-state index in [0.29, 0.717) is 0 Å². The summed E-state index contributed by atoms with van der Waals surface area (Å²) in [6, 6.07) is 25.0. The minimum absolute atomic E-state index is 0.100. The van der Waals surface area contributed by atoms with E-state index in [2.05, 4.69) is 62.4 Å². The SMILES string of the molecule is Cc1ccc(-c2cc[n+](OCO[n+]3ccc(-c4ccc(C)cc4)cc3)cc2)cc1. The summed E-state index contributed by atoms with van der Waals surface area (Å²) in [5, 5.41) is 0. The molecule has 0 atom stereocenters. The van der Waals surface area contributed by atoms with Gasteiger partial charge in [0.1, 0.15) is 0 Å². The first-order valence-corrected chi connectivity index (χ1v) is 9.61. The van der Waals surface area contributed by atoms with Gasteiger partial charge in [0.25, 0.3) is 0 Å². The molecule has 0 N–H and O–H groups in total. The van der Waals surface area contributed by atoms with Crippen LogP contribution < -0.4 is 19.1 Å². The number of rotatable bonds is 6. The number of hydrogen-bond acceptors (Lipinski definition) is 2. The Morgan fingerprint density at radius 1 is 0.483 bits per heavy atom. The molecule has 0 aliphatic heterocycles. The quantitative estimate of drug-likeness (QED) is 0.374. The number of benzene rings is 2. The summed E-state index contributed by atoms with van der Waals surface area (Å²) in [5.74, 6) is 0. The Morgan fingerprint density at radius 3 is 1.14 bits per heavy atom. The third-order valence-corrected chi connectivity index (χ3v) is 4.78. The van der Waals surface area contributed by atoms with Crippen LogP contribution in [0.4, 0.5) is 0 Å². The van der Waals surface area contributed by atoms with E-state index in [1.807, 2.05) is 49.1 Å². The van der Waals surface area contributed by atoms with Crippen molar-refractivity contribution < 1.29 is 19.1 Å². The Balaban J connectivity index is 1.31. The molecular weight excluding hydrogens is 360 g/mol. The highest BCUT2D eigenvalue weighted by molar-refractivity contribution is 5.63. The predicted molar refractivity (Wildman–Crippen MR) is 112 cm³/mol. The molecule has 4 heteroatoms. The largest absolute Gasteiger partial charge is 0.364 e. The average molecular weight is 384 g/mol. The Bertz CT molecular complexity index is 967. The zero-order chi connectivity index (χ0) is 20.1. The molecule has 4 nitrogen and oxygen atoms in total. The molecule has 2 aromatic heterocycles. The maximum Gasteiger partial charge on any atom is 0.364 e. The van der Waals surface area contributed by atoms with E-state index in [0.717, 1.165) is 11.1 Å². The van der Waals surface area contributed by atoms with Crippen LogP contribution in [0.25, 0.3) is 22.3 Å². The second-order valence-corrected chi connectivity index (χ2v) is 7.00. The molecule has 4 aromatic rings. The molecule has 0 unspecified atom stereocenters. The van der Waals surface area contributed by atoms with Crippen LogP contribution in [0.2, 0.25) is 0 Å². The monoisotopic (exact) mass is 384 g/mol. The summed E-state index contributed by atoms with van der Waals surface area (Å²) in [7, 11) is 0. The number of aryl methyl sites for hydroxylation is 2. The minimum atomic E-state index is 0.100. The highest BCUT2D eigenvalue weighted by Gasteiger charge is 2.08. The first kappa shape index (κ1) is 18.7. The Morgan fingerprint density at radius 2 is 0.793 bits per heavy atom. The van der Waals surface area contributed by atoms with Crippen molar-refractivity contribution >= 4 is 0 Å². The predicted octanol–water partition coefficient (Wildman–Crippen LogP) is 3.73. The Labute approximate surface area is 171 Å². The van der Waals surface area contributed by atoms with Gasteiger partial charge in [-0.2, -0.15) is 0 Å². The molecule has 0 aliphatic carbocycles. The van der Waals surface area contributed by atoms with Crippen molar-refractivity contribution in [2.45, 2.75) is 13.8 Å². The smallest absolute Gasteiger partial charge is 0.223 e. The summed E-state index contributed by atoms with van der Waals surface area (Å²) in [6.45, 7) is 4.28. The second kappa shape index (κ2) is 8.57. The van der Waals surface area contributed by atoms with Gasteiger partial charge in [-0.25, -0.2) is 9.68 Å². The van der Waals surface area contributed by atoms with Crippen LogP contribution in [0.1, 0.15) is 11.1 Å². The van der Waals surface area contributed by atoms with Gasteiger partial charge >= 0.3 is 6.79 Å². The lowest BCUT2D eigenvalue weighted by Gasteiger charge is -2.02. The van der Waals surface area contributed by atoms with Crippen LogP contribution in [0.15, 0.2) is 97.6 Å². The average Bonchev–Trinajstić information content (AvgIpc) is 2.76. The summed E-state index contributed by atoms with van der Waals surface area (Å²) < 4.78 is 3.28. The molecule has 0 radical (unpaired) electrons. The third kappa shape index (κ3) is 4.79. The van der Waals surface area contributed by atoms with Gasteiger partial charge in [0.15, 0.2) is 0 Å². The van der Waals surface area contributed by atoms with Crippen LogP contribution in [-0.2, 0) is 0 Å². The molecular formula is C25H24N2O2+2. The molecule has 2 aromatic carbocycles. The lowest BCUT2D eigenvalue weighted by Crippen LogP contribution is -2.51. The van der Waals surface area contributed by atoms with E-state index in [4.69, 9.17) is 9.68 Å². The van der Waals surface area contributed by atoms with Crippen molar-refractivity contribution in [2.75, 3.05) is 6.79 Å². The fraction of sp³-hybridized carbons (Fsp3) is 0.120. The number of aromatic nitrogens is 2. The van der Waals surface area contributed by atoms with Crippen molar-refractivity contribution in [3.05, 3.63) is 109 Å². The first-order chi connectivity index (χ1) is 14.2. The molecule has 29 heavy (non-hydrogen) atoms. The summed E-state index contributed by atoms with van der Waals surface area (Å²) in [5.41, 5.74) is 7.17. The number of nitrogens with zero attached hydrogens (tertiary/aromatic N) is 2. The highest BCUT2D eigenvalue weighted by atomic mass is 16.8. The molecule has 0 spiro atoms. The van der Waals surface area contributed by atoms with E-state index >= 15 is 0 Å². The molecule has 0 saturated heterocycles. The molecule has 0 fully saturated rings. The van der Waals surface area contributed by atoms with Crippen molar-refractivity contribution in [3.63, 3.8) is 0 Å². The molecule has 144 valence electrons. The second-order valence-electron chi connectivity index (χ2n) is 7.00. The molecule has 0 amide bonds. The molecule has 0 bridgehead atoms. The first-order valence-electron chi connectivity index (χ1n) is 9.61. The fourth-order valence-corrected chi connectivity index (χ4v) is 3.02. The Hall–Kier alpha value is -3.66. The molecule has 0 saturated carbocycles. The normalized spacial score (nSPS) is 10.6. The van der Waals surface area contributed by atoms with Gasteiger partial charge in [-0.15, -0.1) is 0 Å². The van der Waals surface area contributed by atoms with E-state index in [-0.39, 0.29) is 6.79 Å². The van der Waals surface area contributed by atoms with Crippen molar-refractivity contribution in [2.24, 2.45) is 0 Å². The van der Waals surface area contributed by atoms with E-state index in [1.54, 1.807) is 9.46 Å². The van der Waals surface area contributed by atoms with Gasteiger partial charge < -0.3 is 0 Å². The van der Waals surface area contributed by atoms with Gasteiger partial charge in [-0.1, -0.05) is 59.7 Å². The van der Waals surface area contributed by atoms with Crippen LogP contribution in [0.5, 0.6) is 0 Å². The van der Waals surface area contributed by atoms with Crippen LogP contribution in [0.3, 0.4) is 0 Å². The van der Waals surface area contributed by atoms with Crippen LogP contribution >= 0.6 is 0 Å². The Kier molecular flexibility index (Phi) is 5.52. The van der Waals surface area contributed by atoms with Crippen LogP contribution in [-0.4, -0.2) is 6.79 Å². The third-order valence-electron chi connectivity index (χ3n) is 4.78. The van der Waals surface area contributed by atoms with Gasteiger partial charge in [-0.3, -0.25) is 0 Å². The lowest BCUT2D eigenvalue weighted by molar-refractivity contribution is -0.950. The summed E-state index contributed by atoms with van der Waals surface area (Å²) in [6.07, 6.45) is 7.51. The maximum atomic E-state index is 5.62. The lowest BCUT2D eigenvalue weighted by atomic mass is 10.1.